The SMILES string of the molecule is Cc1cc(O)ccc1N=Nc1c(C)nc2ccc(Br)cn12. The van der Waals surface area contributed by atoms with E-state index in [0.717, 1.165) is 27.1 Å². The summed E-state index contributed by atoms with van der Waals surface area (Å²) in [7, 11) is 0. The molecule has 2 heterocycles. The molecule has 0 bridgehead atoms. The van der Waals surface area contributed by atoms with Crippen LogP contribution in [0.15, 0.2) is 51.2 Å². The molecule has 0 radical (unpaired) electrons. The summed E-state index contributed by atoms with van der Waals surface area (Å²) < 4.78 is 2.84. The van der Waals surface area contributed by atoms with Crippen LogP contribution in [0.1, 0.15) is 11.3 Å². The maximum Gasteiger partial charge on any atom is 0.182 e. The van der Waals surface area contributed by atoms with Gasteiger partial charge in [-0.2, -0.15) is 0 Å². The summed E-state index contributed by atoms with van der Waals surface area (Å²) in [5, 5.41) is 18.0. The third kappa shape index (κ3) is 2.67. The van der Waals surface area contributed by atoms with Crippen molar-refractivity contribution in [2.75, 3.05) is 0 Å². The summed E-state index contributed by atoms with van der Waals surface area (Å²) >= 11 is 3.44. The number of aromatic nitrogens is 2. The molecule has 0 aliphatic carbocycles. The number of pyridine rings is 1. The van der Waals surface area contributed by atoms with Gasteiger partial charge >= 0.3 is 0 Å². The molecule has 6 heteroatoms. The van der Waals surface area contributed by atoms with E-state index in [1.165, 1.54) is 0 Å². The van der Waals surface area contributed by atoms with Crippen molar-refractivity contribution >= 4 is 33.1 Å². The van der Waals surface area contributed by atoms with Crippen molar-refractivity contribution in [1.82, 2.24) is 9.38 Å². The highest BCUT2D eigenvalue weighted by atomic mass is 79.9. The maximum absolute atomic E-state index is 9.41. The Labute approximate surface area is 130 Å². The second-order valence-electron chi connectivity index (χ2n) is 4.77. The lowest BCUT2D eigenvalue weighted by molar-refractivity contribution is 0.475. The highest BCUT2D eigenvalue weighted by Gasteiger charge is 2.08. The molecule has 0 unspecified atom stereocenters. The number of rotatable bonds is 2. The Kier molecular flexibility index (Phi) is 3.47. The lowest BCUT2D eigenvalue weighted by Crippen LogP contribution is -1.83. The number of benzene rings is 1. The van der Waals surface area contributed by atoms with Gasteiger partial charge in [-0.05, 0) is 65.7 Å². The number of azo groups is 1. The zero-order valence-corrected chi connectivity index (χ0v) is 13.2. The van der Waals surface area contributed by atoms with E-state index in [4.69, 9.17) is 0 Å². The second kappa shape index (κ2) is 5.29. The van der Waals surface area contributed by atoms with Gasteiger partial charge in [-0.1, -0.05) is 0 Å². The van der Waals surface area contributed by atoms with Gasteiger partial charge in [-0.15, -0.1) is 10.2 Å². The molecule has 3 rings (SSSR count). The molecule has 0 amide bonds. The van der Waals surface area contributed by atoms with Gasteiger partial charge in [0.15, 0.2) is 5.82 Å². The van der Waals surface area contributed by atoms with E-state index in [9.17, 15) is 5.11 Å². The molecule has 21 heavy (non-hydrogen) atoms. The largest absolute Gasteiger partial charge is 0.508 e. The number of aryl methyl sites for hydroxylation is 2. The zero-order valence-electron chi connectivity index (χ0n) is 11.6. The van der Waals surface area contributed by atoms with Crippen LogP contribution >= 0.6 is 15.9 Å². The molecule has 0 atom stereocenters. The third-order valence-electron chi connectivity index (χ3n) is 3.16. The molecule has 0 fully saturated rings. The Morgan fingerprint density at radius 3 is 2.71 bits per heavy atom. The first kappa shape index (κ1) is 13.8. The zero-order chi connectivity index (χ0) is 15.0. The van der Waals surface area contributed by atoms with Crippen molar-refractivity contribution < 1.29 is 5.11 Å². The highest BCUT2D eigenvalue weighted by molar-refractivity contribution is 9.10. The van der Waals surface area contributed by atoms with Crippen LogP contribution < -0.4 is 0 Å². The average Bonchev–Trinajstić information content (AvgIpc) is 2.73. The molecule has 106 valence electrons. The Balaban J connectivity index is 2.06. The number of hydrogen-bond donors (Lipinski definition) is 1. The Bertz CT molecular complexity index is 854. The summed E-state index contributed by atoms with van der Waals surface area (Å²) in [5.41, 5.74) is 3.23. The molecule has 0 saturated carbocycles. The number of nitrogens with zero attached hydrogens (tertiary/aromatic N) is 4. The van der Waals surface area contributed by atoms with Gasteiger partial charge in [0.1, 0.15) is 11.4 Å². The average molecular weight is 345 g/mol. The van der Waals surface area contributed by atoms with Crippen LogP contribution in [-0.4, -0.2) is 14.5 Å². The van der Waals surface area contributed by atoms with E-state index in [0.29, 0.717) is 5.82 Å². The molecule has 0 aliphatic heterocycles. The second-order valence-corrected chi connectivity index (χ2v) is 5.68. The molecular formula is C15H13BrN4O. The van der Waals surface area contributed by atoms with E-state index in [-0.39, 0.29) is 5.75 Å². The Hall–Kier alpha value is -2.21. The van der Waals surface area contributed by atoms with Crippen molar-refractivity contribution in [2.24, 2.45) is 10.2 Å². The Morgan fingerprint density at radius 1 is 1.14 bits per heavy atom. The summed E-state index contributed by atoms with van der Waals surface area (Å²) in [4.78, 5) is 4.45. The summed E-state index contributed by atoms with van der Waals surface area (Å²) in [6.45, 7) is 3.78. The summed E-state index contributed by atoms with van der Waals surface area (Å²) in [6, 6.07) is 8.85. The molecule has 5 nitrogen and oxygen atoms in total. The smallest absolute Gasteiger partial charge is 0.182 e. The van der Waals surface area contributed by atoms with Crippen molar-refractivity contribution in [1.29, 1.82) is 0 Å². The van der Waals surface area contributed by atoms with E-state index in [1.54, 1.807) is 18.2 Å². The normalized spacial score (nSPS) is 11.6. The lowest BCUT2D eigenvalue weighted by atomic mass is 10.2. The first-order valence-electron chi connectivity index (χ1n) is 6.40. The number of aromatic hydroxyl groups is 1. The minimum absolute atomic E-state index is 0.223. The molecular weight excluding hydrogens is 332 g/mol. The van der Waals surface area contributed by atoms with Crippen LogP contribution in [0, 0.1) is 13.8 Å². The molecule has 2 aromatic heterocycles. The van der Waals surface area contributed by atoms with Crippen LogP contribution in [0.5, 0.6) is 5.75 Å². The van der Waals surface area contributed by atoms with E-state index in [2.05, 4.69) is 31.1 Å². The molecule has 1 N–H and O–H groups in total. The first-order chi connectivity index (χ1) is 10.0. The topological polar surface area (TPSA) is 62.2 Å². The van der Waals surface area contributed by atoms with Crippen LogP contribution in [0.25, 0.3) is 5.65 Å². The first-order valence-corrected chi connectivity index (χ1v) is 7.19. The number of hydrogen-bond acceptors (Lipinski definition) is 4. The fourth-order valence-corrected chi connectivity index (χ4v) is 2.43. The number of phenols is 1. The van der Waals surface area contributed by atoms with Gasteiger partial charge in [-0.3, -0.25) is 4.40 Å². The van der Waals surface area contributed by atoms with Crippen molar-refractivity contribution in [3.63, 3.8) is 0 Å². The highest BCUT2D eigenvalue weighted by Crippen LogP contribution is 2.27. The van der Waals surface area contributed by atoms with Gasteiger partial charge in [0.05, 0.1) is 11.4 Å². The van der Waals surface area contributed by atoms with Gasteiger partial charge in [0, 0.05) is 10.7 Å². The quantitative estimate of drug-likeness (QED) is 0.676. The minimum atomic E-state index is 0.223. The monoisotopic (exact) mass is 344 g/mol. The van der Waals surface area contributed by atoms with E-state index >= 15 is 0 Å². The fourth-order valence-electron chi connectivity index (χ4n) is 2.10. The van der Waals surface area contributed by atoms with E-state index < -0.39 is 0 Å². The molecule has 3 aromatic rings. The van der Waals surface area contributed by atoms with Crippen molar-refractivity contribution in [3.8, 4) is 5.75 Å². The molecule has 0 saturated heterocycles. The lowest BCUT2D eigenvalue weighted by Gasteiger charge is -2.00. The van der Waals surface area contributed by atoms with Gasteiger partial charge < -0.3 is 5.11 Å². The van der Waals surface area contributed by atoms with Crippen molar-refractivity contribution in [3.05, 3.63) is 52.3 Å². The molecule has 0 spiro atoms. The maximum atomic E-state index is 9.41. The van der Waals surface area contributed by atoms with Crippen LogP contribution in [0.3, 0.4) is 0 Å². The van der Waals surface area contributed by atoms with Crippen LogP contribution in [0.4, 0.5) is 11.5 Å². The minimum Gasteiger partial charge on any atom is -0.508 e. The molecule has 0 aliphatic rings. The van der Waals surface area contributed by atoms with Gasteiger partial charge in [0.2, 0.25) is 0 Å². The number of fused-ring (bicyclic) bond motifs is 1. The van der Waals surface area contributed by atoms with Gasteiger partial charge in [-0.25, -0.2) is 4.98 Å². The van der Waals surface area contributed by atoms with Gasteiger partial charge in [0.25, 0.3) is 0 Å². The predicted octanol–water partition coefficient (Wildman–Crippen LogP) is 4.83. The summed E-state index contributed by atoms with van der Waals surface area (Å²) in [5.74, 6) is 0.917. The van der Waals surface area contributed by atoms with Crippen LogP contribution in [-0.2, 0) is 0 Å². The number of phenolic OH excluding ortho intramolecular Hbond substituents is 1. The standard InChI is InChI=1S/C15H13BrN4O/c1-9-7-12(21)4-5-13(9)18-19-15-10(2)17-14-6-3-11(16)8-20(14)15/h3-8,21H,1-2H3. The van der Waals surface area contributed by atoms with Crippen LogP contribution in [0.2, 0.25) is 0 Å². The predicted molar refractivity (Wildman–Crippen MR) is 84.6 cm³/mol. The van der Waals surface area contributed by atoms with Crippen molar-refractivity contribution in [2.45, 2.75) is 13.8 Å². The Morgan fingerprint density at radius 2 is 1.95 bits per heavy atom. The third-order valence-corrected chi connectivity index (χ3v) is 3.63. The summed E-state index contributed by atoms with van der Waals surface area (Å²) in [6.07, 6.45) is 1.91. The van der Waals surface area contributed by atoms with E-state index in [1.807, 2.05) is 36.6 Å². The number of imidazole rings is 1. The molecule has 1 aromatic carbocycles. The number of halogens is 1. The fraction of sp³-hybridized carbons (Fsp3) is 0.133.